The van der Waals surface area contributed by atoms with Crippen LogP contribution in [0.2, 0.25) is 0 Å². The first-order valence-corrected chi connectivity index (χ1v) is 7.52. The van der Waals surface area contributed by atoms with Crippen LogP contribution in [-0.4, -0.2) is 40.0 Å². The van der Waals surface area contributed by atoms with Gasteiger partial charge in [0.15, 0.2) is 5.82 Å². The maximum atomic E-state index is 5.13. The Labute approximate surface area is 116 Å². The monoisotopic (exact) mass is 281 g/mol. The van der Waals surface area contributed by atoms with E-state index < -0.39 is 0 Å². The number of nitrogens with one attached hydrogen (secondary N) is 1. The fourth-order valence-corrected chi connectivity index (χ4v) is 3.89. The Kier molecular flexibility index (Phi) is 3.51. The van der Waals surface area contributed by atoms with Crippen LogP contribution in [0.25, 0.3) is 4.96 Å². The molecule has 1 aliphatic heterocycles. The molecule has 1 saturated heterocycles. The third kappa shape index (κ3) is 2.15. The Morgan fingerprint density at radius 2 is 2.16 bits per heavy atom. The van der Waals surface area contributed by atoms with Crippen LogP contribution >= 0.6 is 11.3 Å². The first-order valence-electron chi connectivity index (χ1n) is 6.70. The number of fused-ring (bicyclic) bond motifs is 1. The average molecular weight is 281 g/mol. The van der Waals surface area contributed by atoms with Gasteiger partial charge < -0.3 is 10.1 Å². The van der Waals surface area contributed by atoms with E-state index in [1.165, 1.54) is 5.01 Å². The lowest BCUT2D eigenvalue weighted by Gasteiger charge is -2.34. The summed E-state index contributed by atoms with van der Waals surface area (Å²) in [4.78, 5) is 0.869. The van der Waals surface area contributed by atoms with Crippen LogP contribution in [0.3, 0.4) is 0 Å². The van der Waals surface area contributed by atoms with E-state index in [2.05, 4.69) is 22.4 Å². The van der Waals surface area contributed by atoms with E-state index in [-0.39, 0.29) is 5.41 Å². The summed E-state index contributed by atoms with van der Waals surface area (Å²) in [6.45, 7) is 4.84. The lowest BCUT2D eigenvalue weighted by atomic mass is 9.77. The molecular weight excluding hydrogens is 262 g/mol. The van der Waals surface area contributed by atoms with Gasteiger partial charge in [-0.05, 0) is 32.4 Å². The summed E-state index contributed by atoms with van der Waals surface area (Å²) in [5.74, 6) is 0.778. The van der Waals surface area contributed by atoms with Crippen LogP contribution in [-0.2, 0) is 16.8 Å². The zero-order chi connectivity index (χ0) is 13.3. The molecule has 6 nitrogen and oxygen atoms in total. The Bertz CT molecular complexity index is 557. The van der Waals surface area contributed by atoms with Crippen LogP contribution in [0, 0.1) is 0 Å². The Morgan fingerprint density at radius 3 is 2.84 bits per heavy atom. The van der Waals surface area contributed by atoms with Crippen molar-refractivity contribution in [1.29, 1.82) is 0 Å². The zero-order valence-electron chi connectivity index (χ0n) is 11.3. The van der Waals surface area contributed by atoms with Gasteiger partial charge >= 0.3 is 0 Å². The summed E-state index contributed by atoms with van der Waals surface area (Å²) < 4.78 is 6.97. The number of hydrogen-bond donors (Lipinski definition) is 1. The molecule has 19 heavy (non-hydrogen) atoms. The van der Waals surface area contributed by atoms with Gasteiger partial charge in [0.25, 0.3) is 0 Å². The minimum Gasteiger partial charge on any atom is -0.377 e. The SMILES string of the molecule is CCC1(c2nn3c(COC)nnc3s2)CCNCC1. The Hall–Kier alpha value is -1.05. The molecule has 1 aliphatic rings. The largest absolute Gasteiger partial charge is 0.377 e. The Balaban J connectivity index is 1.99. The van der Waals surface area contributed by atoms with E-state index in [4.69, 9.17) is 9.84 Å². The first kappa shape index (κ1) is 13.0. The maximum Gasteiger partial charge on any atom is 0.234 e. The van der Waals surface area contributed by atoms with Crippen molar-refractivity contribution in [1.82, 2.24) is 25.1 Å². The normalized spacial score (nSPS) is 19.1. The molecule has 0 amide bonds. The molecular formula is C12H19N5OS. The van der Waals surface area contributed by atoms with E-state index in [1.54, 1.807) is 18.4 Å². The van der Waals surface area contributed by atoms with Crippen molar-refractivity contribution in [3.05, 3.63) is 10.8 Å². The summed E-state index contributed by atoms with van der Waals surface area (Å²) in [7, 11) is 1.66. The van der Waals surface area contributed by atoms with Gasteiger partial charge in [0.2, 0.25) is 4.96 Å². The predicted octanol–water partition coefficient (Wildman–Crippen LogP) is 1.36. The number of rotatable bonds is 4. The molecule has 104 valence electrons. The minimum atomic E-state index is 0.209. The molecule has 1 fully saturated rings. The van der Waals surface area contributed by atoms with Crippen molar-refractivity contribution in [2.24, 2.45) is 0 Å². The van der Waals surface area contributed by atoms with Gasteiger partial charge in [-0.2, -0.15) is 9.61 Å². The molecule has 1 N–H and O–H groups in total. The third-order valence-electron chi connectivity index (χ3n) is 4.02. The second-order valence-electron chi connectivity index (χ2n) is 5.03. The van der Waals surface area contributed by atoms with Crippen molar-refractivity contribution in [3.63, 3.8) is 0 Å². The molecule has 0 aliphatic carbocycles. The molecule has 2 aromatic heterocycles. The lowest BCUT2D eigenvalue weighted by Crippen LogP contribution is -2.39. The number of methoxy groups -OCH3 is 1. The van der Waals surface area contributed by atoms with E-state index in [9.17, 15) is 0 Å². The first-order chi connectivity index (χ1) is 9.29. The highest BCUT2D eigenvalue weighted by Gasteiger charge is 2.36. The fraction of sp³-hybridized carbons (Fsp3) is 0.750. The van der Waals surface area contributed by atoms with Gasteiger partial charge in [-0.15, -0.1) is 10.2 Å². The van der Waals surface area contributed by atoms with Gasteiger partial charge in [0.1, 0.15) is 11.6 Å². The maximum absolute atomic E-state index is 5.13. The summed E-state index contributed by atoms with van der Waals surface area (Å²) in [6, 6.07) is 0. The number of ether oxygens (including phenoxy) is 1. The number of hydrogen-bond acceptors (Lipinski definition) is 6. The molecule has 0 aromatic carbocycles. The van der Waals surface area contributed by atoms with Gasteiger partial charge in [-0.25, -0.2) is 0 Å². The van der Waals surface area contributed by atoms with Crippen molar-refractivity contribution in [2.75, 3.05) is 20.2 Å². The van der Waals surface area contributed by atoms with Crippen molar-refractivity contribution < 1.29 is 4.74 Å². The van der Waals surface area contributed by atoms with Crippen LogP contribution < -0.4 is 5.32 Å². The Morgan fingerprint density at radius 1 is 1.37 bits per heavy atom. The highest BCUT2D eigenvalue weighted by atomic mass is 32.1. The van der Waals surface area contributed by atoms with Crippen molar-refractivity contribution >= 4 is 16.3 Å². The number of aromatic nitrogens is 4. The molecule has 0 spiro atoms. The summed E-state index contributed by atoms with van der Waals surface area (Å²) >= 11 is 1.67. The average Bonchev–Trinajstić information content (AvgIpc) is 3.02. The second kappa shape index (κ2) is 5.15. The standard InChI is InChI=1S/C12H19N5OS/c1-3-12(4-6-13-7-5-12)10-16-17-9(8-18-2)14-15-11(17)19-10/h13H,3-8H2,1-2H3. The molecule has 3 rings (SSSR count). The molecule has 3 heterocycles. The second-order valence-corrected chi connectivity index (χ2v) is 5.99. The fourth-order valence-electron chi connectivity index (χ4n) is 2.71. The number of piperidine rings is 1. The van der Waals surface area contributed by atoms with Gasteiger partial charge in [0, 0.05) is 12.5 Å². The van der Waals surface area contributed by atoms with Gasteiger partial charge in [-0.1, -0.05) is 18.3 Å². The van der Waals surface area contributed by atoms with Crippen LogP contribution in [0.5, 0.6) is 0 Å². The van der Waals surface area contributed by atoms with E-state index in [0.29, 0.717) is 6.61 Å². The highest BCUT2D eigenvalue weighted by molar-refractivity contribution is 7.16. The topological polar surface area (TPSA) is 64.3 Å². The molecule has 0 saturated carbocycles. The molecule has 0 bridgehead atoms. The summed E-state index contributed by atoms with van der Waals surface area (Å²) in [6.07, 6.45) is 3.42. The van der Waals surface area contributed by atoms with E-state index >= 15 is 0 Å². The predicted molar refractivity (Wildman–Crippen MR) is 73.4 cm³/mol. The summed E-state index contributed by atoms with van der Waals surface area (Å²) in [5.41, 5.74) is 0.209. The van der Waals surface area contributed by atoms with Crippen molar-refractivity contribution in [3.8, 4) is 0 Å². The molecule has 0 radical (unpaired) electrons. The van der Waals surface area contributed by atoms with Gasteiger partial charge in [0.05, 0.1) is 0 Å². The minimum absolute atomic E-state index is 0.209. The molecule has 0 unspecified atom stereocenters. The highest BCUT2D eigenvalue weighted by Crippen LogP contribution is 2.38. The van der Waals surface area contributed by atoms with Gasteiger partial charge in [-0.3, -0.25) is 0 Å². The molecule has 0 atom stereocenters. The third-order valence-corrected chi connectivity index (χ3v) is 5.17. The smallest absolute Gasteiger partial charge is 0.234 e. The van der Waals surface area contributed by atoms with Crippen LogP contribution in [0.4, 0.5) is 0 Å². The molecule has 2 aromatic rings. The van der Waals surface area contributed by atoms with Crippen LogP contribution in [0.1, 0.15) is 37.0 Å². The molecule has 7 heteroatoms. The van der Waals surface area contributed by atoms with Crippen LogP contribution in [0.15, 0.2) is 0 Å². The number of nitrogens with zero attached hydrogens (tertiary/aromatic N) is 4. The summed E-state index contributed by atoms with van der Waals surface area (Å²) in [5, 5.41) is 17.7. The zero-order valence-corrected chi connectivity index (χ0v) is 12.2. The quantitative estimate of drug-likeness (QED) is 0.917. The lowest BCUT2D eigenvalue weighted by molar-refractivity contribution is 0.175. The van der Waals surface area contributed by atoms with E-state index in [1.807, 2.05) is 4.52 Å². The van der Waals surface area contributed by atoms with E-state index in [0.717, 1.165) is 43.1 Å². The van der Waals surface area contributed by atoms with Crippen molar-refractivity contribution in [2.45, 2.75) is 38.2 Å².